The summed E-state index contributed by atoms with van der Waals surface area (Å²) in [5.74, 6) is 1.46. The Morgan fingerprint density at radius 1 is 1.40 bits per heavy atom. The van der Waals surface area contributed by atoms with Gasteiger partial charge in [-0.05, 0) is 24.6 Å². The summed E-state index contributed by atoms with van der Waals surface area (Å²) in [5, 5.41) is 12.2. The van der Waals surface area contributed by atoms with Crippen molar-refractivity contribution in [2.24, 2.45) is 5.16 Å². The summed E-state index contributed by atoms with van der Waals surface area (Å²) in [7, 11) is 0. The van der Waals surface area contributed by atoms with Crippen molar-refractivity contribution in [3.8, 4) is 11.5 Å². The van der Waals surface area contributed by atoms with Crippen LogP contribution in [0.5, 0.6) is 11.5 Å². The van der Waals surface area contributed by atoms with E-state index in [4.69, 9.17) is 14.7 Å². The number of hydrogen-bond acceptors (Lipinski definition) is 4. The summed E-state index contributed by atoms with van der Waals surface area (Å²) in [4.78, 5) is 0. The molecule has 0 radical (unpaired) electrons. The number of oxime groups is 1. The Bertz CT molecular complexity index is 387. The first kappa shape index (κ1) is 9.83. The number of ether oxygens (including phenoxy) is 2. The summed E-state index contributed by atoms with van der Waals surface area (Å²) in [6.07, 6.45) is 1.68. The van der Waals surface area contributed by atoms with E-state index in [1.54, 1.807) is 0 Å². The van der Waals surface area contributed by atoms with Crippen molar-refractivity contribution in [1.82, 2.24) is 0 Å². The monoisotopic (exact) mass is 207 g/mol. The maximum absolute atomic E-state index is 8.87. The van der Waals surface area contributed by atoms with Gasteiger partial charge in [0, 0.05) is 5.56 Å². The molecule has 15 heavy (non-hydrogen) atoms. The van der Waals surface area contributed by atoms with Gasteiger partial charge in [0.2, 0.25) is 6.79 Å². The molecule has 0 fully saturated rings. The first-order valence-corrected chi connectivity index (χ1v) is 4.96. The van der Waals surface area contributed by atoms with Gasteiger partial charge in [-0.3, -0.25) is 0 Å². The second-order valence-electron chi connectivity index (χ2n) is 3.36. The molecule has 0 unspecified atom stereocenters. The van der Waals surface area contributed by atoms with E-state index in [-0.39, 0.29) is 6.79 Å². The van der Waals surface area contributed by atoms with Crippen LogP contribution in [0.4, 0.5) is 0 Å². The first-order chi connectivity index (χ1) is 7.35. The fourth-order valence-corrected chi connectivity index (χ4v) is 1.56. The average molecular weight is 207 g/mol. The van der Waals surface area contributed by atoms with Gasteiger partial charge in [0.1, 0.15) is 0 Å². The number of benzene rings is 1. The number of nitrogens with zero attached hydrogens (tertiary/aromatic N) is 1. The Labute approximate surface area is 88.1 Å². The Morgan fingerprint density at radius 2 is 2.20 bits per heavy atom. The lowest BCUT2D eigenvalue weighted by Crippen LogP contribution is -2.00. The summed E-state index contributed by atoms with van der Waals surface area (Å²) in [6.45, 7) is 2.30. The van der Waals surface area contributed by atoms with Crippen molar-refractivity contribution in [2.45, 2.75) is 19.8 Å². The summed E-state index contributed by atoms with van der Waals surface area (Å²) in [6, 6.07) is 5.55. The van der Waals surface area contributed by atoms with Crippen LogP contribution in [0, 0.1) is 0 Å². The van der Waals surface area contributed by atoms with Gasteiger partial charge >= 0.3 is 0 Å². The van der Waals surface area contributed by atoms with Gasteiger partial charge in [0.25, 0.3) is 0 Å². The molecule has 2 rings (SSSR count). The molecule has 1 heterocycles. The van der Waals surface area contributed by atoms with Crippen LogP contribution in [0.2, 0.25) is 0 Å². The van der Waals surface area contributed by atoms with E-state index in [1.807, 2.05) is 25.1 Å². The number of rotatable bonds is 3. The Balaban J connectivity index is 2.29. The molecule has 1 aromatic rings. The van der Waals surface area contributed by atoms with Crippen LogP contribution < -0.4 is 9.47 Å². The molecule has 0 saturated heterocycles. The highest BCUT2D eigenvalue weighted by Gasteiger charge is 2.15. The molecule has 0 aliphatic carbocycles. The molecule has 80 valence electrons. The SMILES string of the molecule is CCCC(=NO)c1ccc2c(c1)OCO2. The van der Waals surface area contributed by atoms with E-state index in [0.717, 1.165) is 24.2 Å². The van der Waals surface area contributed by atoms with Crippen molar-refractivity contribution in [3.05, 3.63) is 23.8 Å². The van der Waals surface area contributed by atoms with Crippen molar-refractivity contribution in [1.29, 1.82) is 0 Å². The molecule has 0 aromatic heterocycles. The zero-order valence-corrected chi connectivity index (χ0v) is 8.56. The molecule has 0 spiro atoms. The molecule has 1 aliphatic heterocycles. The predicted molar refractivity (Wildman–Crippen MR) is 55.8 cm³/mol. The van der Waals surface area contributed by atoms with Crippen molar-refractivity contribution < 1.29 is 14.7 Å². The minimum absolute atomic E-state index is 0.262. The largest absolute Gasteiger partial charge is 0.454 e. The molecule has 0 amide bonds. The summed E-state index contributed by atoms with van der Waals surface area (Å²) >= 11 is 0. The van der Waals surface area contributed by atoms with Crippen LogP contribution in [0.1, 0.15) is 25.3 Å². The molecule has 1 N–H and O–H groups in total. The van der Waals surface area contributed by atoms with Crippen LogP contribution in [0.25, 0.3) is 0 Å². The van der Waals surface area contributed by atoms with Gasteiger partial charge in [-0.1, -0.05) is 18.5 Å². The van der Waals surface area contributed by atoms with E-state index in [1.165, 1.54) is 0 Å². The molecule has 0 saturated carbocycles. The van der Waals surface area contributed by atoms with Crippen molar-refractivity contribution in [2.75, 3.05) is 6.79 Å². The first-order valence-electron chi connectivity index (χ1n) is 4.96. The summed E-state index contributed by atoms with van der Waals surface area (Å²) < 4.78 is 10.5. The number of hydrogen-bond donors (Lipinski definition) is 1. The molecule has 4 nitrogen and oxygen atoms in total. The predicted octanol–water partition coefficient (Wildman–Crippen LogP) is 2.39. The average Bonchev–Trinajstić information content (AvgIpc) is 2.72. The van der Waals surface area contributed by atoms with E-state index < -0.39 is 0 Å². The van der Waals surface area contributed by atoms with Crippen molar-refractivity contribution >= 4 is 5.71 Å². The third-order valence-corrected chi connectivity index (χ3v) is 2.31. The van der Waals surface area contributed by atoms with E-state index >= 15 is 0 Å². The Morgan fingerprint density at radius 3 is 2.93 bits per heavy atom. The third kappa shape index (κ3) is 1.88. The highest BCUT2D eigenvalue weighted by atomic mass is 16.7. The molecule has 1 aliphatic rings. The zero-order chi connectivity index (χ0) is 10.7. The fraction of sp³-hybridized carbons (Fsp3) is 0.364. The topological polar surface area (TPSA) is 51.1 Å². The Hall–Kier alpha value is -1.71. The lowest BCUT2D eigenvalue weighted by Gasteiger charge is -2.03. The van der Waals surface area contributed by atoms with Crippen LogP contribution >= 0.6 is 0 Å². The van der Waals surface area contributed by atoms with Crippen LogP contribution in [-0.4, -0.2) is 17.7 Å². The van der Waals surface area contributed by atoms with Gasteiger partial charge in [0.15, 0.2) is 11.5 Å². The Kier molecular flexibility index (Phi) is 2.76. The maximum Gasteiger partial charge on any atom is 0.231 e. The molecule has 0 atom stereocenters. The van der Waals surface area contributed by atoms with E-state index in [0.29, 0.717) is 11.5 Å². The zero-order valence-electron chi connectivity index (χ0n) is 8.56. The minimum atomic E-state index is 0.262. The highest BCUT2D eigenvalue weighted by molar-refractivity contribution is 6.00. The second kappa shape index (κ2) is 4.21. The van der Waals surface area contributed by atoms with Gasteiger partial charge in [0.05, 0.1) is 5.71 Å². The van der Waals surface area contributed by atoms with Crippen LogP contribution in [0.3, 0.4) is 0 Å². The van der Waals surface area contributed by atoms with Crippen LogP contribution in [0.15, 0.2) is 23.4 Å². The quantitative estimate of drug-likeness (QED) is 0.470. The maximum atomic E-state index is 8.87. The van der Waals surface area contributed by atoms with E-state index in [2.05, 4.69) is 5.16 Å². The fourth-order valence-electron chi connectivity index (χ4n) is 1.56. The minimum Gasteiger partial charge on any atom is -0.454 e. The van der Waals surface area contributed by atoms with Gasteiger partial charge in [-0.2, -0.15) is 0 Å². The van der Waals surface area contributed by atoms with Gasteiger partial charge in [-0.25, -0.2) is 0 Å². The lowest BCUT2D eigenvalue weighted by atomic mass is 10.1. The standard InChI is InChI=1S/C11H13NO3/c1-2-3-9(12-13)8-4-5-10-11(6-8)15-7-14-10/h4-6,13H,2-3,7H2,1H3. The molecule has 0 bridgehead atoms. The smallest absolute Gasteiger partial charge is 0.231 e. The third-order valence-electron chi connectivity index (χ3n) is 2.31. The van der Waals surface area contributed by atoms with Crippen molar-refractivity contribution in [3.63, 3.8) is 0 Å². The highest BCUT2D eigenvalue weighted by Crippen LogP contribution is 2.32. The van der Waals surface area contributed by atoms with E-state index in [9.17, 15) is 0 Å². The molecule has 1 aromatic carbocycles. The second-order valence-corrected chi connectivity index (χ2v) is 3.36. The lowest BCUT2D eigenvalue weighted by molar-refractivity contribution is 0.174. The molecular formula is C11H13NO3. The van der Waals surface area contributed by atoms with Gasteiger partial charge < -0.3 is 14.7 Å². The van der Waals surface area contributed by atoms with Gasteiger partial charge in [-0.15, -0.1) is 0 Å². The normalized spacial score (nSPS) is 14.3. The summed E-state index contributed by atoms with van der Waals surface area (Å²) in [5.41, 5.74) is 1.56. The number of fused-ring (bicyclic) bond motifs is 1. The molecule has 4 heteroatoms. The molecular weight excluding hydrogens is 194 g/mol. The van der Waals surface area contributed by atoms with Crippen LogP contribution in [-0.2, 0) is 0 Å².